The number of hydrogen-bond donors (Lipinski definition) is 2. The summed E-state index contributed by atoms with van der Waals surface area (Å²) < 4.78 is 40.4. The SMILES string of the molecule is O=C(Nc1c[nH]ccc1=O)c1ccc(COCC(F)(F)F)cc1. The van der Waals surface area contributed by atoms with Gasteiger partial charge in [-0.1, -0.05) is 12.1 Å². The maximum Gasteiger partial charge on any atom is 0.411 e. The molecular weight excluding hydrogens is 313 g/mol. The number of benzene rings is 1. The standard InChI is InChI=1S/C15H13F3N2O3/c16-15(17,18)9-23-8-10-1-3-11(4-2-10)14(22)20-12-7-19-6-5-13(12)21/h1-7H,8-9H2,(H,19,21)(H,20,22). The van der Waals surface area contributed by atoms with Crippen LogP contribution in [-0.2, 0) is 11.3 Å². The lowest BCUT2D eigenvalue weighted by molar-refractivity contribution is -0.176. The van der Waals surface area contributed by atoms with Gasteiger partial charge in [-0.3, -0.25) is 9.59 Å². The second-order valence-electron chi connectivity index (χ2n) is 4.68. The summed E-state index contributed by atoms with van der Waals surface area (Å²) in [6.45, 7) is -1.54. The predicted octanol–water partition coefficient (Wildman–Crippen LogP) is 2.71. The Labute approximate surface area is 129 Å². The summed E-state index contributed by atoms with van der Waals surface area (Å²) >= 11 is 0. The van der Waals surface area contributed by atoms with E-state index in [4.69, 9.17) is 0 Å². The highest BCUT2D eigenvalue weighted by Crippen LogP contribution is 2.16. The van der Waals surface area contributed by atoms with Crippen molar-refractivity contribution in [1.82, 2.24) is 4.98 Å². The Morgan fingerprint density at radius 3 is 2.48 bits per heavy atom. The Morgan fingerprint density at radius 2 is 1.87 bits per heavy atom. The largest absolute Gasteiger partial charge is 0.411 e. The lowest BCUT2D eigenvalue weighted by atomic mass is 10.1. The molecule has 0 aliphatic heterocycles. The summed E-state index contributed by atoms with van der Waals surface area (Å²) in [5.74, 6) is -0.496. The number of carbonyl (C=O) groups is 1. The topological polar surface area (TPSA) is 71.2 Å². The molecule has 0 unspecified atom stereocenters. The van der Waals surface area contributed by atoms with E-state index in [0.717, 1.165) is 0 Å². The molecule has 23 heavy (non-hydrogen) atoms. The van der Waals surface area contributed by atoms with E-state index < -0.39 is 18.7 Å². The van der Waals surface area contributed by atoms with Crippen LogP contribution >= 0.6 is 0 Å². The Bertz CT molecular complexity index is 724. The maximum atomic E-state index is 12.0. The van der Waals surface area contributed by atoms with E-state index in [1.165, 1.54) is 42.7 Å². The number of carbonyl (C=O) groups excluding carboxylic acids is 1. The number of pyridine rings is 1. The molecule has 8 heteroatoms. The van der Waals surface area contributed by atoms with Gasteiger partial charge in [0.25, 0.3) is 5.91 Å². The predicted molar refractivity (Wildman–Crippen MR) is 77.2 cm³/mol. The normalized spacial score (nSPS) is 11.3. The van der Waals surface area contributed by atoms with Crippen molar-refractivity contribution in [3.63, 3.8) is 0 Å². The first-order valence-corrected chi connectivity index (χ1v) is 6.57. The van der Waals surface area contributed by atoms with Gasteiger partial charge in [-0.05, 0) is 17.7 Å². The van der Waals surface area contributed by atoms with Gasteiger partial charge < -0.3 is 15.0 Å². The summed E-state index contributed by atoms with van der Waals surface area (Å²) in [6.07, 6.45) is -1.57. The highest BCUT2D eigenvalue weighted by atomic mass is 19.4. The lowest BCUT2D eigenvalue weighted by Crippen LogP contribution is -2.18. The van der Waals surface area contributed by atoms with Gasteiger partial charge in [0, 0.05) is 24.0 Å². The molecule has 1 heterocycles. The van der Waals surface area contributed by atoms with Gasteiger partial charge in [0.1, 0.15) is 12.3 Å². The van der Waals surface area contributed by atoms with Gasteiger partial charge >= 0.3 is 6.18 Å². The molecule has 122 valence electrons. The Morgan fingerprint density at radius 1 is 1.17 bits per heavy atom. The van der Waals surface area contributed by atoms with Gasteiger partial charge in [0.05, 0.1) is 6.61 Å². The van der Waals surface area contributed by atoms with E-state index in [1.54, 1.807) is 0 Å². The molecule has 2 rings (SSSR count). The molecule has 0 radical (unpaired) electrons. The fraction of sp³-hybridized carbons (Fsp3) is 0.200. The number of alkyl halides is 3. The molecule has 1 aromatic heterocycles. The number of nitrogens with one attached hydrogen (secondary N) is 2. The van der Waals surface area contributed by atoms with Crippen LogP contribution in [0.15, 0.2) is 47.5 Å². The zero-order valence-corrected chi connectivity index (χ0v) is 11.8. The average molecular weight is 326 g/mol. The molecule has 0 saturated heterocycles. The van der Waals surface area contributed by atoms with Gasteiger partial charge in [0.15, 0.2) is 0 Å². The van der Waals surface area contributed by atoms with Gasteiger partial charge in [-0.15, -0.1) is 0 Å². The number of ether oxygens (including phenoxy) is 1. The first-order chi connectivity index (χ1) is 10.8. The second-order valence-corrected chi connectivity index (χ2v) is 4.68. The summed E-state index contributed by atoms with van der Waals surface area (Å²) in [7, 11) is 0. The summed E-state index contributed by atoms with van der Waals surface area (Å²) in [5.41, 5.74) is 0.542. The minimum absolute atomic E-state index is 0.107. The van der Waals surface area contributed by atoms with Crippen molar-refractivity contribution in [2.45, 2.75) is 12.8 Å². The third kappa shape index (κ3) is 5.26. The molecule has 2 N–H and O–H groups in total. The molecule has 0 aliphatic carbocycles. The van der Waals surface area contributed by atoms with Crippen LogP contribution < -0.4 is 10.7 Å². The molecule has 1 aromatic carbocycles. The van der Waals surface area contributed by atoms with E-state index in [2.05, 4.69) is 15.0 Å². The lowest BCUT2D eigenvalue weighted by Gasteiger charge is -2.08. The number of amides is 1. The molecule has 0 bridgehead atoms. The quantitative estimate of drug-likeness (QED) is 0.887. The summed E-state index contributed by atoms with van der Waals surface area (Å²) in [5, 5.41) is 2.45. The zero-order chi connectivity index (χ0) is 16.9. The summed E-state index contributed by atoms with van der Waals surface area (Å²) in [4.78, 5) is 26.2. The van der Waals surface area contributed by atoms with Crippen molar-refractivity contribution in [3.05, 3.63) is 64.1 Å². The zero-order valence-electron chi connectivity index (χ0n) is 11.8. The van der Waals surface area contributed by atoms with Crippen molar-refractivity contribution >= 4 is 11.6 Å². The van der Waals surface area contributed by atoms with Gasteiger partial charge in [-0.2, -0.15) is 13.2 Å². The van der Waals surface area contributed by atoms with Crippen LogP contribution in [0, 0.1) is 0 Å². The van der Waals surface area contributed by atoms with Crippen molar-refractivity contribution < 1.29 is 22.7 Å². The molecule has 0 spiro atoms. The van der Waals surface area contributed by atoms with Gasteiger partial charge in [-0.25, -0.2) is 0 Å². The Hall–Kier alpha value is -2.61. The van der Waals surface area contributed by atoms with Crippen molar-refractivity contribution in [2.24, 2.45) is 0 Å². The van der Waals surface area contributed by atoms with Crippen LogP contribution in [0.25, 0.3) is 0 Å². The Kier molecular flexibility index (Phi) is 5.17. The molecule has 0 atom stereocenters. The van der Waals surface area contributed by atoms with E-state index in [-0.39, 0.29) is 23.3 Å². The van der Waals surface area contributed by atoms with E-state index in [0.29, 0.717) is 5.56 Å². The van der Waals surface area contributed by atoms with E-state index in [1.807, 2.05) is 0 Å². The van der Waals surface area contributed by atoms with E-state index >= 15 is 0 Å². The molecule has 0 fully saturated rings. The molecule has 2 aromatic rings. The van der Waals surface area contributed by atoms with Crippen LogP contribution in [0.3, 0.4) is 0 Å². The monoisotopic (exact) mass is 326 g/mol. The molecule has 5 nitrogen and oxygen atoms in total. The minimum atomic E-state index is -4.37. The number of halogens is 3. The number of rotatable bonds is 5. The summed E-state index contributed by atoms with van der Waals surface area (Å²) in [6, 6.07) is 7.13. The van der Waals surface area contributed by atoms with E-state index in [9.17, 15) is 22.8 Å². The number of anilines is 1. The highest BCUT2D eigenvalue weighted by Gasteiger charge is 2.27. The fourth-order valence-electron chi connectivity index (χ4n) is 1.75. The Balaban J connectivity index is 1.95. The van der Waals surface area contributed by atoms with Crippen LogP contribution in [0.2, 0.25) is 0 Å². The van der Waals surface area contributed by atoms with Crippen LogP contribution in [0.5, 0.6) is 0 Å². The smallest absolute Gasteiger partial charge is 0.367 e. The number of H-pyrrole nitrogens is 1. The van der Waals surface area contributed by atoms with Crippen LogP contribution in [0.1, 0.15) is 15.9 Å². The first-order valence-electron chi connectivity index (χ1n) is 6.57. The van der Waals surface area contributed by atoms with Gasteiger partial charge in [0.2, 0.25) is 5.43 Å². The van der Waals surface area contributed by atoms with Crippen molar-refractivity contribution in [1.29, 1.82) is 0 Å². The van der Waals surface area contributed by atoms with Crippen LogP contribution in [0.4, 0.5) is 18.9 Å². The molecule has 0 aliphatic rings. The fourth-order valence-corrected chi connectivity index (χ4v) is 1.75. The third-order valence-corrected chi connectivity index (χ3v) is 2.82. The maximum absolute atomic E-state index is 12.0. The van der Waals surface area contributed by atoms with Crippen LogP contribution in [-0.4, -0.2) is 23.7 Å². The molecular formula is C15H13F3N2O3. The second kappa shape index (κ2) is 7.10. The number of hydrogen-bond acceptors (Lipinski definition) is 3. The third-order valence-electron chi connectivity index (χ3n) is 2.82. The molecule has 1 amide bonds. The number of aromatic amines is 1. The minimum Gasteiger partial charge on any atom is -0.367 e. The first kappa shape index (κ1) is 16.8. The highest BCUT2D eigenvalue weighted by molar-refractivity contribution is 6.04. The number of aromatic nitrogens is 1. The van der Waals surface area contributed by atoms with Crippen molar-refractivity contribution in [2.75, 3.05) is 11.9 Å². The van der Waals surface area contributed by atoms with Crippen molar-refractivity contribution in [3.8, 4) is 0 Å². The molecule has 0 saturated carbocycles. The average Bonchev–Trinajstić information content (AvgIpc) is 2.49.